The number of aromatic nitrogens is 1. The van der Waals surface area contributed by atoms with Crippen LogP contribution in [0.1, 0.15) is 45.1 Å². The summed E-state index contributed by atoms with van der Waals surface area (Å²) in [5, 5.41) is 6.56. The van der Waals surface area contributed by atoms with E-state index in [2.05, 4.69) is 34.5 Å². The van der Waals surface area contributed by atoms with Crippen molar-refractivity contribution in [1.82, 2.24) is 15.6 Å². The zero-order valence-corrected chi connectivity index (χ0v) is 16.0. The molecule has 124 valence electrons. The van der Waals surface area contributed by atoms with E-state index in [4.69, 9.17) is 4.74 Å². The quantitative estimate of drug-likeness (QED) is 0.439. The summed E-state index contributed by atoms with van der Waals surface area (Å²) in [5.41, 5.74) is 1.14. The number of hydrogen-bond acceptors (Lipinski definition) is 3. The van der Waals surface area contributed by atoms with Crippen LogP contribution in [-0.4, -0.2) is 30.1 Å². The standard InChI is InChI=1S/C16H26N4O.HI/c1-12(2)20-16(17-3)19-11-13-8-9-18-15(10-13)21-14-6-4-5-7-14;/h8-10,12,14H,4-7,11H2,1-3H3,(H2,17,19,20);1H. The summed E-state index contributed by atoms with van der Waals surface area (Å²) in [5.74, 6) is 1.54. The van der Waals surface area contributed by atoms with Gasteiger partial charge in [0.1, 0.15) is 6.10 Å². The maximum absolute atomic E-state index is 5.93. The van der Waals surface area contributed by atoms with Gasteiger partial charge in [0, 0.05) is 31.9 Å². The first-order valence-corrected chi connectivity index (χ1v) is 7.76. The molecule has 0 radical (unpaired) electrons. The summed E-state index contributed by atoms with van der Waals surface area (Å²) in [6, 6.07) is 4.36. The zero-order valence-electron chi connectivity index (χ0n) is 13.6. The Labute approximate surface area is 150 Å². The van der Waals surface area contributed by atoms with Crippen LogP contribution in [0.3, 0.4) is 0 Å². The maximum Gasteiger partial charge on any atom is 0.213 e. The molecule has 2 rings (SSSR count). The molecule has 1 saturated carbocycles. The van der Waals surface area contributed by atoms with E-state index in [1.807, 2.05) is 12.1 Å². The summed E-state index contributed by atoms with van der Waals surface area (Å²) in [7, 11) is 1.78. The summed E-state index contributed by atoms with van der Waals surface area (Å²) < 4.78 is 5.93. The van der Waals surface area contributed by atoms with Crippen LogP contribution in [0.15, 0.2) is 23.3 Å². The monoisotopic (exact) mass is 418 g/mol. The molecule has 22 heavy (non-hydrogen) atoms. The van der Waals surface area contributed by atoms with Gasteiger partial charge in [0.2, 0.25) is 5.88 Å². The topological polar surface area (TPSA) is 58.5 Å². The third kappa shape index (κ3) is 6.37. The van der Waals surface area contributed by atoms with Crippen molar-refractivity contribution in [2.24, 2.45) is 4.99 Å². The predicted octanol–water partition coefficient (Wildman–Crippen LogP) is 3.09. The average molecular weight is 418 g/mol. The molecule has 0 spiro atoms. The van der Waals surface area contributed by atoms with Crippen LogP contribution in [0.2, 0.25) is 0 Å². The van der Waals surface area contributed by atoms with Gasteiger partial charge in [-0.1, -0.05) is 0 Å². The normalized spacial score (nSPS) is 15.5. The third-order valence-corrected chi connectivity index (χ3v) is 3.50. The Hall–Kier alpha value is -1.05. The summed E-state index contributed by atoms with van der Waals surface area (Å²) in [6.45, 7) is 4.88. The molecule has 0 aliphatic heterocycles. The van der Waals surface area contributed by atoms with E-state index in [0.29, 0.717) is 18.7 Å². The van der Waals surface area contributed by atoms with Crippen LogP contribution in [0.5, 0.6) is 5.88 Å². The number of aliphatic imine (C=N–C) groups is 1. The van der Waals surface area contributed by atoms with Gasteiger partial charge in [-0.2, -0.15) is 0 Å². The van der Waals surface area contributed by atoms with Gasteiger partial charge in [-0.15, -0.1) is 24.0 Å². The van der Waals surface area contributed by atoms with Gasteiger partial charge in [0.25, 0.3) is 0 Å². The highest BCUT2D eigenvalue weighted by atomic mass is 127. The van der Waals surface area contributed by atoms with Crippen LogP contribution in [0.4, 0.5) is 0 Å². The van der Waals surface area contributed by atoms with Crippen molar-refractivity contribution in [2.45, 2.75) is 58.2 Å². The second-order valence-corrected chi connectivity index (χ2v) is 5.75. The number of pyridine rings is 1. The lowest BCUT2D eigenvalue weighted by atomic mass is 10.2. The average Bonchev–Trinajstić information content (AvgIpc) is 2.96. The maximum atomic E-state index is 5.93. The van der Waals surface area contributed by atoms with E-state index in [0.717, 1.165) is 30.2 Å². The molecule has 1 aliphatic carbocycles. The third-order valence-electron chi connectivity index (χ3n) is 3.50. The number of hydrogen-bond donors (Lipinski definition) is 2. The smallest absolute Gasteiger partial charge is 0.213 e. The zero-order chi connectivity index (χ0) is 15.1. The van der Waals surface area contributed by atoms with Crippen LogP contribution >= 0.6 is 24.0 Å². The lowest BCUT2D eigenvalue weighted by Gasteiger charge is -2.15. The fourth-order valence-corrected chi connectivity index (χ4v) is 2.46. The van der Waals surface area contributed by atoms with E-state index in [-0.39, 0.29) is 24.0 Å². The Morgan fingerprint density at radius 2 is 2.14 bits per heavy atom. The SMILES string of the molecule is CN=C(NCc1ccnc(OC2CCCC2)c1)NC(C)C.I. The second kappa shape index (κ2) is 9.86. The van der Waals surface area contributed by atoms with E-state index in [9.17, 15) is 0 Å². The van der Waals surface area contributed by atoms with Crippen LogP contribution < -0.4 is 15.4 Å². The number of nitrogens with one attached hydrogen (secondary N) is 2. The van der Waals surface area contributed by atoms with Gasteiger partial charge in [-0.25, -0.2) is 4.98 Å². The molecule has 0 unspecified atom stereocenters. The molecule has 0 saturated heterocycles. The number of guanidine groups is 1. The predicted molar refractivity (Wildman–Crippen MR) is 101 cm³/mol. The molecular weight excluding hydrogens is 391 g/mol. The van der Waals surface area contributed by atoms with E-state index in [1.165, 1.54) is 12.8 Å². The van der Waals surface area contributed by atoms with Crippen molar-refractivity contribution in [2.75, 3.05) is 7.05 Å². The van der Waals surface area contributed by atoms with Crippen molar-refractivity contribution in [3.63, 3.8) is 0 Å². The van der Waals surface area contributed by atoms with Crippen LogP contribution in [0.25, 0.3) is 0 Å². The van der Waals surface area contributed by atoms with E-state index < -0.39 is 0 Å². The summed E-state index contributed by atoms with van der Waals surface area (Å²) >= 11 is 0. The highest BCUT2D eigenvalue weighted by Gasteiger charge is 2.17. The van der Waals surface area contributed by atoms with Gasteiger partial charge in [-0.3, -0.25) is 4.99 Å². The number of ether oxygens (including phenoxy) is 1. The van der Waals surface area contributed by atoms with E-state index >= 15 is 0 Å². The Morgan fingerprint density at radius 1 is 1.41 bits per heavy atom. The lowest BCUT2D eigenvalue weighted by molar-refractivity contribution is 0.201. The molecule has 6 heteroatoms. The lowest BCUT2D eigenvalue weighted by Crippen LogP contribution is -2.40. The summed E-state index contributed by atoms with van der Waals surface area (Å²) in [6.07, 6.45) is 6.98. The minimum absolute atomic E-state index is 0. The Kier molecular flexibility index (Phi) is 8.52. The largest absolute Gasteiger partial charge is 0.474 e. The second-order valence-electron chi connectivity index (χ2n) is 5.75. The van der Waals surface area contributed by atoms with Gasteiger partial charge in [0.05, 0.1) is 0 Å². The van der Waals surface area contributed by atoms with Crippen LogP contribution in [0, 0.1) is 0 Å². The molecule has 2 N–H and O–H groups in total. The first-order chi connectivity index (χ1) is 10.2. The van der Waals surface area contributed by atoms with Crippen molar-refractivity contribution in [3.8, 4) is 5.88 Å². The van der Waals surface area contributed by atoms with Crippen molar-refractivity contribution < 1.29 is 4.74 Å². The van der Waals surface area contributed by atoms with Crippen molar-refractivity contribution in [1.29, 1.82) is 0 Å². The fraction of sp³-hybridized carbons (Fsp3) is 0.625. The van der Waals surface area contributed by atoms with Gasteiger partial charge >= 0.3 is 0 Å². The van der Waals surface area contributed by atoms with E-state index in [1.54, 1.807) is 13.2 Å². The van der Waals surface area contributed by atoms with Gasteiger partial charge in [0.15, 0.2) is 5.96 Å². The molecule has 1 aromatic heterocycles. The molecule has 1 fully saturated rings. The highest BCUT2D eigenvalue weighted by Crippen LogP contribution is 2.23. The molecular formula is C16H27IN4O. The molecule has 1 aliphatic rings. The minimum Gasteiger partial charge on any atom is -0.474 e. The minimum atomic E-state index is 0. The Balaban J connectivity index is 0.00000242. The first-order valence-electron chi connectivity index (χ1n) is 7.76. The molecule has 0 bridgehead atoms. The molecule has 0 aromatic carbocycles. The molecule has 0 atom stereocenters. The van der Waals surface area contributed by atoms with Gasteiger partial charge in [-0.05, 0) is 51.2 Å². The first kappa shape index (κ1) is 19.0. The van der Waals surface area contributed by atoms with Crippen molar-refractivity contribution >= 4 is 29.9 Å². The Bertz CT molecular complexity index is 473. The highest BCUT2D eigenvalue weighted by molar-refractivity contribution is 14.0. The number of rotatable bonds is 5. The number of nitrogens with zero attached hydrogens (tertiary/aromatic N) is 2. The molecule has 1 heterocycles. The summed E-state index contributed by atoms with van der Waals surface area (Å²) in [4.78, 5) is 8.50. The van der Waals surface area contributed by atoms with Crippen molar-refractivity contribution in [3.05, 3.63) is 23.9 Å². The molecule has 5 nitrogen and oxygen atoms in total. The molecule has 1 aromatic rings. The molecule has 0 amide bonds. The Morgan fingerprint density at radius 3 is 2.77 bits per heavy atom. The number of halogens is 1. The fourth-order valence-electron chi connectivity index (χ4n) is 2.46. The van der Waals surface area contributed by atoms with Crippen LogP contribution in [-0.2, 0) is 6.54 Å². The van der Waals surface area contributed by atoms with Gasteiger partial charge < -0.3 is 15.4 Å².